The number of nitrogens with two attached hydrogens (primary N) is 1. The van der Waals surface area contributed by atoms with Crippen LogP contribution >= 0.6 is 11.6 Å². The Hall–Kier alpha value is -1.92. The Balaban J connectivity index is 2.35. The molecule has 2 aromatic carbocycles. The molecule has 0 atom stereocenters. The molecule has 20 heavy (non-hydrogen) atoms. The first-order valence-corrected chi connectivity index (χ1v) is 7.51. The first-order valence-electron chi connectivity index (χ1n) is 5.65. The highest BCUT2D eigenvalue weighted by Crippen LogP contribution is 2.30. The van der Waals surface area contributed by atoms with Crippen molar-refractivity contribution in [3.05, 3.63) is 47.5 Å². The lowest BCUT2D eigenvalue weighted by Crippen LogP contribution is -2.14. The van der Waals surface area contributed by atoms with Crippen molar-refractivity contribution in [2.75, 3.05) is 17.6 Å². The van der Waals surface area contributed by atoms with Crippen LogP contribution in [0.15, 0.2) is 47.4 Å². The van der Waals surface area contributed by atoms with Crippen molar-refractivity contribution in [3.63, 3.8) is 0 Å². The van der Waals surface area contributed by atoms with Gasteiger partial charge in [-0.05, 0) is 36.4 Å². The fraction of sp³-hybridized carbons (Fsp3) is 0.0769. The van der Waals surface area contributed by atoms with Crippen LogP contribution in [-0.2, 0) is 10.0 Å². The van der Waals surface area contributed by atoms with Crippen LogP contribution in [0.25, 0.3) is 0 Å². The zero-order chi connectivity index (χ0) is 14.8. The lowest BCUT2D eigenvalue weighted by molar-refractivity contribution is 0.414. The second kappa shape index (κ2) is 5.60. The number of methoxy groups -OCH3 is 1. The molecule has 5 nitrogen and oxygen atoms in total. The minimum Gasteiger partial charge on any atom is -0.497 e. The van der Waals surface area contributed by atoms with Gasteiger partial charge in [0.2, 0.25) is 0 Å². The van der Waals surface area contributed by atoms with Gasteiger partial charge < -0.3 is 10.5 Å². The number of rotatable bonds is 4. The van der Waals surface area contributed by atoms with E-state index in [1.165, 1.54) is 19.2 Å². The van der Waals surface area contributed by atoms with Crippen LogP contribution in [0.1, 0.15) is 0 Å². The minimum absolute atomic E-state index is 0.0950. The van der Waals surface area contributed by atoms with Crippen LogP contribution in [0.5, 0.6) is 5.75 Å². The summed E-state index contributed by atoms with van der Waals surface area (Å²) in [5, 5.41) is 0.238. The van der Waals surface area contributed by atoms with Crippen molar-refractivity contribution in [2.24, 2.45) is 0 Å². The lowest BCUT2D eigenvalue weighted by Gasteiger charge is -2.12. The Morgan fingerprint density at radius 3 is 2.35 bits per heavy atom. The van der Waals surface area contributed by atoms with Crippen LogP contribution < -0.4 is 15.2 Å². The van der Waals surface area contributed by atoms with E-state index in [0.717, 1.165) is 0 Å². The largest absolute Gasteiger partial charge is 0.497 e. The molecule has 0 heterocycles. The number of nitrogen functional groups attached to an aromatic ring is 1. The molecule has 3 N–H and O–H groups in total. The van der Waals surface area contributed by atoms with Crippen LogP contribution in [-0.4, -0.2) is 15.5 Å². The second-order valence-corrected chi connectivity index (χ2v) is 6.07. The van der Waals surface area contributed by atoms with Gasteiger partial charge in [-0.25, -0.2) is 8.42 Å². The maximum absolute atomic E-state index is 12.2. The van der Waals surface area contributed by atoms with Crippen LogP contribution in [0, 0.1) is 0 Å². The number of sulfonamides is 1. The fourth-order valence-electron chi connectivity index (χ4n) is 1.60. The first kappa shape index (κ1) is 14.5. The smallest absolute Gasteiger partial charge is 0.262 e. The van der Waals surface area contributed by atoms with E-state index in [2.05, 4.69) is 4.72 Å². The minimum atomic E-state index is -3.75. The fourth-order valence-corrected chi connectivity index (χ4v) is 2.99. The van der Waals surface area contributed by atoms with Crippen molar-refractivity contribution < 1.29 is 13.2 Å². The molecule has 0 amide bonds. The van der Waals surface area contributed by atoms with Crippen molar-refractivity contribution in [3.8, 4) is 5.75 Å². The van der Waals surface area contributed by atoms with Gasteiger partial charge in [0, 0.05) is 0 Å². The summed E-state index contributed by atoms with van der Waals surface area (Å²) in [4.78, 5) is 0.0950. The molecule has 0 fully saturated rings. The normalized spacial score (nSPS) is 11.1. The molecule has 0 aliphatic heterocycles. The number of para-hydroxylation sites is 1. The monoisotopic (exact) mass is 312 g/mol. The number of hydrogen-bond donors (Lipinski definition) is 2. The number of benzene rings is 2. The molecular formula is C13H13ClN2O3S. The molecule has 2 rings (SSSR count). The Labute approximate surface area is 122 Å². The van der Waals surface area contributed by atoms with E-state index in [9.17, 15) is 8.42 Å². The van der Waals surface area contributed by atoms with Crippen molar-refractivity contribution >= 4 is 33.0 Å². The molecule has 0 radical (unpaired) electrons. The van der Waals surface area contributed by atoms with Crippen LogP contribution in [0.4, 0.5) is 11.4 Å². The highest BCUT2D eigenvalue weighted by molar-refractivity contribution is 7.92. The van der Waals surface area contributed by atoms with E-state index in [-0.39, 0.29) is 21.3 Å². The van der Waals surface area contributed by atoms with Gasteiger partial charge >= 0.3 is 0 Å². The van der Waals surface area contributed by atoms with E-state index in [1.807, 2.05) is 0 Å². The maximum Gasteiger partial charge on any atom is 0.262 e. The van der Waals surface area contributed by atoms with Crippen molar-refractivity contribution in [1.82, 2.24) is 0 Å². The Morgan fingerprint density at radius 2 is 1.80 bits per heavy atom. The van der Waals surface area contributed by atoms with Gasteiger partial charge in [-0.2, -0.15) is 0 Å². The predicted molar refractivity (Wildman–Crippen MR) is 79.7 cm³/mol. The molecule has 0 bridgehead atoms. The van der Waals surface area contributed by atoms with E-state index in [1.54, 1.807) is 30.3 Å². The third kappa shape index (κ3) is 2.97. The van der Waals surface area contributed by atoms with E-state index < -0.39 is 10.0 Å². The van der Waals surface area contributed by atoms with Crippen LogP contribution in [0.3, 0.4) is 0 Å². The lowest BCUT2D eigenvalue weighted by atomic mass is 10.3. The molecule has 106 valence electrons. The number of anilines is 2. The van der Waals surface area contributed by atoms with Gasteiger partial charge in [-0.1, -0.05) is 17.7 Å². The highest BCUT2D eigenvalue weighted by atomic mass is 35.5. The first-order chi connectivity index (χ1) is 9.44. The zero-order valence-corrected chi connectivity index (χ0v) is 12.2. The molecule has 0 aromatic heterocycles. The van der Waals surface area contributed by atoms with E-state index in [0.29, 0.717) is 5.75 Å². The van der Waals surface area contributed by atoms with Crippen molar-refractivity contribution in [2.45, 2.75) is 4.90 Å². The SMILES string of the molecule is COc1ccc(S(=O)(=O)Nc2c(N)cccc2Cl)cc1. The maximum atomic E-state index is 12.2. The Morgan fingerprint density at radius 1 is 1.15 bits per heavy atom. The quantitative estimate of drug-likeness (QED) is 0.851. The van der Waals surface area contributed by atoms with Crippen molar-refractivity contribution in [1.29, 1.82) is 0 Å². The standard InChI is InChI=1S/C13H13ClN2O3S/c1-19-9-5-7-10(8-6-9)20(17,18)16-13-11(14)3-2-4-12(13)15/h2-8,16H,15H2,1H3. The van der Waals surface area contributed by atoms with Gasteiger partial charge in [-0.3, -0.25) is 4.72 Å². The third-order valence-electron chi connectivity index (χ3n) is 2.65. The predicted octanol–water partition coefficient (Wildman–Crippen LogP) is 2.73. The number of ether oxygens (including phenoxy) is 1. The summed E-state index contributed by atoms with van der Waals surface area (Å²) in [6.07, 6.45) is 0. The molecule has 0 spiro atoms. The van der Waals surface area contributed by atoms with Gasteiger partial charge in [0.05, 0.1) is 28.4 Å². The molecule has 0 aliphatic carbocycles. The number of hydrogen-bond acceptors (Lipinski definition) is 4. The zero-order valence-electron chi connectivity index (χ0n) is 10.6. The topological polar surface area (TPSA) is 81.4 Å². The van der Waals surface area contributed by atoms with Gasteiger partial charge in [0.1, 0.15) is 5.75 Å². The highest BCUT2D eigenvalue weighted by Gasteiger charge is 2.17. The molecule has 0 saturated heterocycles. The summed E-state index contributed by atoms with van der Waals surface area (Å²) in [6, 6.07) is 10.8. The number of nitrogens with one attached hydrogen (secondary N) is 1. The average molecular weight is 313 g/mol. The molecular weight excluding hydrogens is 300 g/mol. The summed E-state index contributed by atoms with van der Waals surface area (Å²) in [5.41, 5.74) is 6.15. The summed E-state index contributed by atoms with van der Waals surface area (Å²) < 4.78 is 31.8. The third-order valence-corrected chi connectivity index (χ3v) is 4.33. The molecule has 7 heteroatoms. The molecule has 0 saturated carbocycles. The summed E-state index contributed by atoms with van der Waals surface area (Å²) in [6.45, 7) is 0. The average Bonchev–Trinajstić information content (AvgIpc) is 2.43. The Bertz CT molecular complexity index is 695. The molecule has 0 unspecified atom stereocenters. The summed E-state index contributed by atoms with van der Waals surface area (Å²) in [5.74, 6) is 0.571. The Kier molecular flexibility index (Phi) is 4.06. The van der Waals surface area contributed by atoms with Gasteiger partial charge in [-0.15, -0.1) is 0 Å². The molecule has 0 aliphatic rings. The summed E-state index contributed by atoms with van der Waals surface area (Å²) >= 11 is 5.94. The van der Waals surface area contributed by atoms with E-state index in [4.69, 9.17) is 22.1 Å². The molecule has 2 aromatic rings. The van der Waals surface area contributed by atoms with E-state index >= 15 is 0 Å². The second-order valence-electron chi connectivity index (χ2n) is 3.99. The number of halogens is 1. The van der Waals surface area contributed by atoms with Crippen LogP contribution in [0.2, 0.25) is 5.02 Å². The van der Waals surface area contributed by atoms with Gasteiger partial charge in [0.15, 0.2) is 0 Å². The van der Waals surface area contributed by atoms with Gasteiger partial charge in [0.25, 0.3) is 10.0 Å². The summed E-state index contributed by atoms with van der Waals surface area (Å²) in [7, 11) is -2.25.